The van der Waals surface area contributed by atoms with Crippen molar-refractivity contribution in [3.05, 3.63) is 0 Å². The second-order valence-corrected chi connectivity index (χ2v) is 7.81. The maximum absolute atomic E-state index is 12.3. The van der Waals surface area contributed by atoms with Crippen molar-refractivity contribution in [2.24, 2.45) is 0 Å². The number of rotatable bonds is 5. The predicted octanol–water partition coefficient (Wildman–Crippen LogP) is 0.800. The van der Waals surface area contributed by atoms with Crippen LogP contribution in [-0.2, 0) is 14.6 Å². The van der Waals surface area contributed by atoms with E-state index >= 15 is 0 Å². The average Bonchev–Trinajstić information content (AvgIpc) is 2.53. The molecule has 0 radical (unpaired) electrons. The number of carbonyl (C=O) groups is 1. The van der Waals surface area contributed by atoms with Crippen molar-refractivity contribution in [1.29, 1.82) is 0 Å². The standard InChI is InChI=1S/C13H26N2O3S/c1-11(10-19(3,17)18)14-12(2)13(16)15-8-6-4-5-7-9-15/h11-12,14H,4-10H2,1-3H3. The largest absolute Gasteiger partial charge is 0.341 e. The van der Waals surface area contributed by atoms with Gasteiger partial charge in [0.2, 0.25) is 5.91 Å². The van der Waals surface area contributed by atoms with Crippen molar-refractivity contribution in [3.63, 3.8) is 0 Å². The summed E-state index contributed by atoms with van der Waals surface area (Å²) in [5.74, 6) is 0.146. The Morgan fingerprint density at radius 1 is 1.16 bits per heavy atom. The molecule has 0 aromatic heterocycles. The number of sulfone groups is 1. The first-order chi connectivity index (χ1) is 8.79. The van der Waals surface area contributed by atoms with Gasteiger partial charge in [-0.1, -0.05) is 12.8 Å². The van der Waals surface area contributed by atoms with Crippen molar-refractivity contribution in [2.45, 2.75) is 51.6 Å². The number of likely N-dealkylation sites (tertiary alicyclic amines) is 1. The monoisotopic (exact) mass is 290 g/mol. The molecule has 1 aliphatic rings. The van der Waals surface area contributed by atoms with Crippen LogP contribution in [0, 0.1) is 0 Å². The topological polar surface area (TPSA) is 66.5 Å². The van der Waals surface area contributed by atoms with Crippen LogP contribution < -0.4 is 5.32 Å². The van der Waals surface area contributed by atoms with Gasteiger partial charge in [-0.05, 0) is 26.7 Å². The van der Waals surface area contributed by atoms with E-state index < -0.39 is 9.84 Å². The van der Waals surface area contributed by atoms with Crippen LogP contribution in [0.15, 0.2) is 0 Å². The van der Waals surface area contributed by atoms with Crippen molar-refractivity contribution in [3.8, 4) is 0 Å². The summed E-state index contributed by atoms with van der Waals surface area (Å²) in [6, 6.07) is -0.532. The van der Waals surface area contributed by atoms with E-state index in [1.807, 2.05) is 11.8 Å². The normalized spacial score (nSPS) is 20.7. The van der Waals surface area contributed by atoms with E-state index in [4.69, 9.17) is 0 Å². The number of nitrogens with zero attached hydrogens (tertiary/aromatic N) is 1. The molecule has 1 saturated heterocycles. The maximum Gasteiger partial charge on any atom is 0.239 e. The van der Waals surface area contributed by atoms with Crippen LogP contribution in [0.25, 0.3) is 0 Å². The molecule has 0 aliphatic carbocycles. The van der Waals surface area contributed by atoms with Crippen molar-refractivity contribution >= 4 is 15.7 Å². The minimum absolute atomic E-state index is 0.0601. The van der Waals surface area contributed by atoms with Crippen LogP contribution in [0.2, 0.25) is 0 Å². The van der Waals surface area contributed by atoms with Gasteiger partial charge in [-0.25, -0.2) is 8.42 Å². The molecule has 0 aromatic rings. The Morgan fingerprint density at radius 2 is 1.68 bits per heavy atom. The molecule has 0 spiro atoms. The smallest absolute Gasteiger partial charge is 0.239 e. The average molecular weight is 290 g/mol. The lowest BCUT2D eigenvalue weighted by atomic mass is 10.2. The summed E-state index contributed by atoms with van der Waals surface area (Å²) in [5, 5.41) is 3.08. The third-order valence-corrected chi connectivity index (χ3v) is 4.48. The lowest BCUT2D eigenvalue weighted by Crippen LogP contribution is -2.49. The maximum atomic E-state index is 12.3. The van der Waals surface area contributed by atoms with Gasteiger partial charge >= 0.3 is 0 Å². The van der Waals surface area contributed by atoms with E-state index in [0.29, 0.717) is 0 Å². The molecule has 19 heavy (non-hydrogen) atoms. The van der Waals surface area contributed by atoms with E-state index in [2.05, 4.69) is 5.32 Å². The molecule has 2 unspecified atom stereocenters. The van der Waals surface area contributed by atoms with Gasteiger partial charge in [-0.2, -0.15) is 0 Å². The van der Waals surface area contributed by atoms with Crippen LogP contribution in [0.3, 0.4) is 0 Å². The van der Waals surface area contributed by atoms with Crippen LogP contribution in [0.4, 0.5) is 0 Å². The number of amides is 1. The summed E-state index contributed by atoms with van der Waals surface area (Å²) in [4.78, 5) is 14.2. The Balaban J connectivity index is 2.47. The summed E-state index contributed by atoms with van der Waals surface area (Å²) in [6.07, 6.45) is 5.73. The molecule has 0 bridgehead atoms. The van der Waals surface area contributed by atoms with Crippen LogP contribution in [0.5, 0.6) is 0 Å². The molecule has 1 rings (SSSR count). The molecular formula is C13H26N2O3S. The molecule has 1 amide bonds. The van der Waals surface area contributed by atoms with Gasteiger partial charge in [0.1, 0.15) is 9.84 Å². The minimum Gasteiger partial charge on any atom is -0.341 e. The van der Waals surface area contributed by atoms with E-state index in [1.54, 1.807) is 6.92 Å². The Hall–Kier alpha value is -0.620. The number of hydrogen-bond acceptors (Lipinski definition) is 4. The van der Waals surface area contributed by atoms with Crippen molar-refractivity contribution in [2.75, 3.05) is 25.1 Å². The van der Waals surface area contributed by atoms with E-state index in [-0.39, 0.29) is 23.7 Å². The summed E-state index contributed by atoms with van der Waals surface area (Å²) in [7, 11) is -3.01. The molecule has 2 atom stereocenters. The van der Waals surface area contributed by atoms with Gasteiger partial charge in [0, 0.05) is 25.4 Å². The second kappa shape index (κ2) is 7.24. The Morgan fingerprint density at radius 3 is 2.16 bits per heavy atom. The number of hydrogen-bond donors (Lipinski definition) is 1. The second-order valence-electron chi connectivity index (χ2n) is 5.62. The zero-order valence-electron chi connectivity index (χ0n) is 12.2. The SMILES string of the molecule is CC(CS(C)(=O)=O)NC(C)C(=O)N1CCCCCC1. The van der Waals surface area contributed by atoms with Crippen molar-refractivity contribution in [1.82, 2.24) is 10.2 Å². The highest BCUT2D eigenvalue weighted by Gasteiger charge is 2.23. The van der Waals surface area contributed by atoms with E-state index in [1.165, 1.54) is 19.1 Å². The Labute approximate surface area is 116 Å². The molecule has 0 aromatic carbocycles. The zero-order valence-corrected chi connectivity index (χ0v) is 13.0. The van der Waals surface area contributed by atoms with Gasteiger partial charge < -0.3 is 10.2 Å². The quantitative estimate of drug-likeness (QED) is 0.813. The number of carbonyl (C=O) groups excluding carboxylic acids is 1. The van der Waals surface area contributed by atoms with E-state index in [0.717, 1.165) is 25.9 Å². The molecule has 0 saturated carbocycles. The predicted molar refractivity (Wildman–Crippen MR) is 76.8 cm³/mol. The molecule has 1 heterocycles. The fraction of sp³-hybridized carbons (Fsp3) is 0.923. The van der Waals surface area contributed by atoms with Gasteiger partial charge in [-0.15, -0.1) is 0 Å². The summed E-state index contributed by atoms with van der Waals surface area (Å²) >= 11 is 0. The van der Waals surface area contributed by atoms with Crippen LogP contribution in [-0.4, -0.2) is 56.4 Å². The first kappa shape index (κ1) is 16.4. The third-order valence-electron chi connectivity index (χ3n) is 3.38. The van der Waals surface area contributed by atoms with Gasteiger partial charge in [-0.3, -0.25) is 4.79 Å². The lowest BCUT2D eigenvalue weighted by Gasteiger charge is -2.26. The molecule has 112 valence electrons. The minimum atomic E-state index is -3.01. The molecule has 1 N–H and O–H groups in total. The molecule has 1 aliphatic heterocycles. The highest BCUT2D eigenvalue weighted by Crippen LogP contribution is 2.11. The summed E-state index contributed by atoms with van der Waals surface area (Å²) in [5.41, 5.74) is 0. The van der Waals surface area contributed by atoms with Crippen LogP contribution >= 0.6 is 0 Å². The fourth-order valence-electron chi connectivity index (χ4n) is 2.57. The number of nitrogens with one attached hydrogen (secondary N) is 1. The molecule has 6 heteroatoms. The third kappa shape index (κ3) is 6.38. The van der Waals surface area contributed by atoms with Gasteiger partial charge in [0.25, 0.3) is 0 Å². The van der Waals surface area contributed by atoms with Gasteiger partial charge in [0.05, 0.1) is 11.8 Å². The zero-order chi connectivity index (χ0) is 14.5. The van der Waals surface area contributed by atoms with E-state index in [9.17, 15) is 13.2 Å². The Kier molecular flexibility index (Phi) is 6.26. The molecule has 5 nitrogen and oxygen atoms in total. The fourth-order valence-corrected chi connectivity index (χ4v) is 3.57. The summed E-state index contributed by atoms with van der Waals surface area (Å²) in [6.45, 7) is 5.26. The first-order valence-electron chi connectivity index (χ1n) is 7.02. The molecular weight excluding hydrogens is 264 g/mol. The molecule has 1 fully saturated rings. The highest BCUT2D eigenvalue weighted by atomic mass is 32.2. The van der Waals surface area contributed by atoms with Gasteiger partial charge in [0.15, 0.2) is 0 Å². The lowest BCUT2D eigenvalue weighted by molar-refractivity contribution is -0.133. The first-order valence-corrected chi connectivity index (χ1v) is 9.08. The summed E-state index contributed by atoms with van der Waals surface area (Å²) < 4.78 is 22.4. The van der Waals surface area contributed by atoms with Crippen LogP contribution in [0.1, 0.15) is 39.5 Å². The van der Waals surface area contributed by atoms with Crippen molar-refractivity contribution < 1.29 is 13.2 Å². The highest BCUT2D eigenvalue weighted by molar-refractivity contribution is 7.90. The Bertz CT molecular complexity index is 387.